The molecule has 0 aromatic heterocycles. The first-order valence-corrected chi connectivity index (χ1v) is 6.70. The third-order valence-corrected chi connectivity index (χ3v) is 4.38. The summed E-state index contributed by atoms with van der Waals surface area (Å²) in [6.07, 6.45) is 7.73. The Morgan fingerprint density at radius 2 is 2.00 bits per heavy atom. The van der Waals surface area contributed by atoms with Crippen LogP contribution in [0.5, 0.6) is 0 Å². The van der Waals surface area contributed by atoms with E-state index in [0.717, 1.165) is 32.2 Å². The molecule has 0 amide bonds. The van der Waals surface area contributed by atoms with Crippen LogP contribution in [0.2, 0.25) is 0 Å². The van der Waals surface area contributed by atoms with Crippen LogP contribution < -0.4 is 5.32 Å². The average molecular weight is 213 g/mol. The molecule has 4 unspecified atom stereocenters. The van der Waals surface area contributed by atoms with Crippen molar-refractivity contribution in [2.45, 2.75) is 64.1 Å². The van der Waals surface area contributed by atoms with E-state index in [0.29, 0.717) is 11.8 Å². The number of rotatable bonds is 3. The van der Waals surface area contributed by atoms with Gasteiger partial charge >= 0.3 is 0 Å². The van der Waals surface area contributed by atoms with Gasteiger partial charge in [0.25, 0.3) is 0 Å². The minimum atomic E-state index is -0.585. The maximum atomic E-state index is 14.4. The molecule has 88 valence electrons. The zero-order valence-corrected chi connectivity index (χ0v) is 9.84. The van der Waals surface area contributed by atoms with Crippen molar-refractivity contribution < 1.29 is 4.39 Å². The summed E-state index contributed by atoms with van der Waals surface area (Å²) >= 11 is 0. The van der Waals surface area contributed by atoms with Crippen molar-refractivity contribution in [1.82, 2.24) is 5.32 Å². The molecule has 2 aliphatic rings. The molecule has 1 saturated heterocycles. The van der Waals surface area contributed by atoms with E-state index in [4.69, 9.17) is 0 Å². The molecule has 0 aromatic carbocycles. The summed E-state index contributed by atoms with van der Waals surface area (Å²) in [6.45, 7) is 3.24. The van der Waals surface area contributed by atoms with Crippen LogP contribution in [0.15, 0.2) is 0 Å². The van der Waals surface area contributed by atoms with Crippen molar-refractivity contribution in [2.24, 2.45) is 11.8 Å². The van der Waals surface area contributed by atoms with Gasteiger partial charge in [-0.25, -0.2) is 4.39 Å². The maximum Gasteiger partial charge on any atom is 0.118 e. The Hall–Kier alpha value is -0.110. The molecule has 2 fully saturated rings. The Kier molecular flexibility index (Phi) is 4.01. The third kappa shape index (κ3) is 2.52. The summed E-state index contributed by atoms with van der Waals surface area (Å²) < 4.78 is 14.4. The highest BCUT2D eigenvalue weighted by molar-refractivity contribution is 4.90. The van der Waals surface area contributed by atoms with Crippen LogP contribution in [0, 0.1) is 11.8 Å². The van der Waals surface area contributed by atoms with E-state index >= 15 is 0 Å². The van der Waals surface area contributed by atoms with E-state index in [1.807, 2.05) is 0 Å². The predicted molar refractivity (Wildman–Crippen MR) is 61.7 cm³/mol. The monoisotopic (exact) mass is 213 g/mol. The molecule has 15 heavy (non-hydrogen) atoms. The normalized spacial score (nSPS) is 39.2. The van der Waals surface area contributed by atoms with Gasteiger partial charge < -0.3 is 5.32 Å². The van der Waals surface area contributed by atoms with Gasteiger partial charge in [-0.1, -0.05) is 32.6 Å². The largest absolute Gasteiger partial charge is 0.311 e. The number of hydrogen-bond donors (Lipinski definition) is 1. The Morgan fingerprint density at radius 3 is 2.67 bits per heavy atom. The zero-order chi connectivity index (χ0) is 10.7. The molecular formula is C13H24FN. The molecule has 1 aliphatic carbocycles. The third-order valence-electron chi connectivity index (χ3n) is 4.38. The molecule has 4 atom stereocenters. The lowest BCUT2D eigenvalue weighted by Gasteiger charge is -2.35. The van der Waals surface area contributed by atoms with E-state index in [9.17, 15) is 4.39 Å². The quantitative estimate of drug-likeness (QED) is 0.758. The molecule has 2 rings (SSSR count). The van der Waals surface area contributed by atoms with Gasteiger partial charge in [0.2, 0.25) is 0 Å². The summed E-state index contributed by atoms with van der Waals surface area (Å²) in [6, 6.07) is 0.169. The molecule has 1 nitrogen and oxygen atoms in total. The first-order valence-electron chi connectivity index (χ1n) is 6.70. The molecule has 1 heterocycles. The number of hydrogen-bond acceptors (Lipinski definition) is 1. The molecule has 0 aromatic rings. The fourth-order valence-corrected chi connectivity index (χ4v) is 3.44. The summed E-state index contributed by atoms with van der Waals surface area (Å²) in [4.78, 5) is 0. The first-order chi connectivity index (χ1) is 7.33. The second-order valence-corrected chi connectivity index (χ2v) is 5.26. The fraction of sp³-hybridized carbons (Fsp3) is 1.00. The Morgan fingerprint density at radius 1 is 1.20 bits per heavy atom. The van der Waals surface area contributed by atoms with E-state index in [1.54, 1.807) is 0 Å². The number of nitrogens with one attached hydrogen (secondary N) is 1. The summed E-state index contributed by atoms with van der Waals surface area (Å²) in [5.41, 5.74) is 0. The highest BCUT2D eigenvalue weighted by atomic mass is 19.1. The first kappa shape index (κ1) is 11.4. The van der Waals surface area contributed by atoms with Gasteiger partial charge in [-0.2, -0.15) is 0 Å². The van der Waals surface area contributed by atoms with Crippen molar-refractivity contribution in [3.63, 3.8) is 0 Å². The zero-order valence-electron chi connectivity index (χ0n) is 9.84. The van der Waals surface area contributed by atoms with E-state index in [1.165, 1.54) is 19.3 Å². The number of halogens is 1. The Labute approximate surface area is 92.8 Å². The molecule has 1 aliphatic heterocycles. The van der Waals surface area contributed by atoms with Gasteiger partial charge in [0, 0.05) is 6.04 Å². The lowest BCUT2D eigenvalue weighted by molar-refractivity contribution is 0.0915. The second-order valence-electron chi connectivity index (χ2n) is 5.26. The van der Waals surface area contributed by atoms with Crippen LogP contribution in [0.25, 0.3) is 0 Å². The van der Waals surface area contributed by atoms with E-state index in [2.05, 4.69) is 12.2 Å². The lowest BCUT2D eigenvalue weighted by Crippen LogP contribution is -2.40. The van der Waals surface area contributed by atoms with Crippen molar-refractivity contribution in [1.29, 1.82) is 0 Å². The highest BCUT2D eigenvalue weighted by Gasteiger charge is 2.36. The smallest absolute Gasteiger partial charge is 0.118 e. The van der Waals surface area contributed by atoms with Crippen LogP contribution in [-0.4, -0.2) is 18.8 Å². The molecule has 0 bridgehead atoms. The highest BCUT2D eigenvalue weighted by Crippen LogP contribution is 2.37. The van der Waals surface area contributed by atoms with Crippen LogP contribution in [-0.2, 0) is 0 Å². The second kappa shape index (κ2) is 5.29. The van der Waals surface area contributed by atoms with Gasteiger partial charge in [-0.15, -0.1) is 0 Å². The van der Waals surface area contributed by atoms with Crippen molar-refractivity contribution >= 4 is 0 Å². The van der Waals surface area contributed by atoms with Gasteiger partial charge in [-0.05, 0) is 37.6 Å². The minimum Gasteiger partial charge on any atom is -0.311 e. The standard InChI is InChI=1S/C13H24FN/c1-2-10-6-3-4-7-11(10)13(14)12-8-5-9-15-12/h10-13,15H,2-9H2,1H3. The van der Waals surface area contributed by atoms with Gasteiger partial charge in [0.05, 0.1) is 0 Å². The van der Waals surface area contributed by atoms with Crippen LogP contribution in [0.4, 0.5) is 4.39 Å². The summed E-state index contributed by atoms with van der Waals surface area (Å²) in [5, 5.41) is 3.32. The van der Waals surface area contributed by atoms with Gasteiger partial charge in [0.1, 0.15) is 6.17 Å². The van der Waals surface area contributed by atoms with Crippen LogP contribution >= 0.6 is 0 Å². The predicted octanol–water partition coefficient (Wildman–Crippen LogP) is 3.29. The van der Waals surface area contributed by atoms with E-state index in [-0.39, 0.29) is 6.04 Å². The van der Waals surface area contributed by atoms with Crippen molar-refractivity contribution in [3.8, 4) is 0 Å². The minimum absolute atomic E-state index is 0.169. The van der Waals surface area contributed by atoms with Crippen molar-refractivity contribution in [2.75, 3.05) is 6.54 Å². The molecule has 2 heteroatoms. The molecule has 0 spiro atoms. The number of alkyl halides is 1. The van der Waals surface area contributed by atoms with Crippen LogP contribution in [0.1, 0.15) is 51.9 Å². The van der Waals surface area contributed by atoms with Gasteiger partial charge in [0.15, 0.2) is 0 Å². The summed E-state index contributed by atoms with van der Waals surface area (Å²) in [5.74, 6) is 0.996. The van der Waals surface area contributed by atoms with Crippen LogP contribution in [0.3, 0.4) is 0 Å². The maximum absolute atomic E-state index is 14.4. The average Bonchev–Trinajstić information content (AvgIpc) is 2.81. The SMILES string of the molecule is CCC1CCCCC1C(F)C1CCCN1. The molecular weight excluding hydrogens is 189 g/mol. The molecule has 0 radical (unpaired) electrons. The fourth-order valence-electron chi connectivity index (χ4n) is 3.44. The van der Waals surface area contributed by atoms with Gasteiger partial charge in [-0.3, -0.25) is 0 Å². The lowest BCUT2D eigenvalue weighted by atomic mass is 9.74. The summed E-state index contributed by atoms with van der Waals surface area (Å²) in [7, 11) is 0. The Balaban J connectivity index is 1.93. The molecule has 1 N–H and O–H groups in total. The molecule has 1 saturated carbocycles. The van der Waals surface area contributed by atoms with Crippen molar-refractivity contribution in [3.05, 3.63) is 0 Å². The Bertz CT molecular complexity index is 189. The topological polar surface area (TPSA) is 12.0 Å². The van der Waals surface area contributed by atoms with E-state index < -0.39 is 6.17 Å².